The van der Waals surface area contributed by atoms with Gasteiger partial charge in [0.05, 0.1) is 28.8 Å². The Morgan fingerprint density at radius 2 is 1.87 bits per heavy atom. The number of carbonyl (C=O) groups is 1. The third-order valence-corrected chi connectivity index (χ3v) is 3.43. The van der Waals surface area contributed by atoms with E-state index in [1.54, 1.807) is 42.5 Å². The van der Waals surface area contributed by atoms with Gasteiger partial charge in [-0.2, -0.15) is 5.26 Å². The Kier molecular flexibility index (Phi) is 6.02. The van der Waals surface area contributed by atoms with Gasteiger partial charge in [0.15, 0.2) is 0 Å². The lowest BCUT2D eigenvalue weighted by atomic mass is 10.2. The predicted molar refractivity (Wildman–Crippen MR) is 88.0 cm³/mol. The van der Waals surface area contributed by atoms with Crippen molar-refractivity contribution >= 4 is 17.6 Å². The number of unbranched alkanes of at least 4 members (excludes halogenated alkanes) is 1. The fraction of sp³-hybridized carbons (Fsp3) is 0.222. The van der Waals surface area contributed by atoms with Gasteiger partial charge in [-0.15, -0.1) is 0 Å². The maximum Gasteiger partial charge on any atom is 0.345 e. The van der Waals surface area contributed by atoms with Gasteiger partial charge < -0.3 is 9.47 Å². The molecule has 0 fully saturated rings. The van der Waals surface area contributed by atoms with E-state index in [0.717, 1.165) is 12.8 Å². The van der Waals surface area contributed by atoms with Crippen molar-refractivity contribution in [2.24, 2.45) is 0 Å². The number of esters is 1. The summed E-state index contributed by atoms with van der Waals surface area (Å²) in [6.45, 7) is 2.69. The predicted octanol–water partition coefficient (Wildman–Crippen LogP) is 4.61. The van der Waals surface area contributed by atoms with E-state index >= 15 is 0 Å². The molecule has 0 atom stereocenters. The molecule has 0 spiro atoms. The first kappa shape index (κ1) is 16.9. The third kappa shape index (κ3) is 4.73. The average molecular weight is 330 g/mol. The van der Waals surface area contributed by atoms with Crippen LogP contribution < -0.4 is 9.47 Å². The molecule has 0 bridgehead atoms. The van der Waals surface area contributed by atoms with Crippen molar-refractivity contribution in [3.05, 3.63) is 58.6 Å². The summed E-state index contributed by atoms with van der Waals surface area (Å²) in [6, 6.07) is 13.2. The summed E-state index contributed by atoms with van der Waals surface area (Å²) in [6.07, 6.45) is 2.00. The Morgan fingerprint density at radius 1 is 1.17 bits per heavy atom. The van der Waals surface area contributed by atoms with Crippen LogP contribution in [-0.2, 0) is 0 Å². The number of nitriles is 1. The van der Waals surface area contributed by atoms with E-state index in [1.165, 1.54) is 0 Å². The Labute approximate surface area is 140 Å². The van der Waals surface area contributed by atoms with E-state index in [-0.39, 0.29) is 10.6 Å². The van der Waals surface area contributed by atoms with Crippen LogP contribution in [-0.4, -0.2) is 12.6 Å². The summed E-state index contributed by atoms with van der Waals surface area (Å²) < 4.78 is 10.8. The highest BCUT2D eigenvalue weighted by atomic mass is 35.5. The summed E-state index contributed by atoms with van der Waals surface area (Å²) in [5.74, 6) is 0.423. The SMILES string of the molecule is CCCCOc1ccc(C(=O)Oc2ccc(C#N)cc2)c(Cl)c1. The quantitative estimate of drug-likeness (QED) is 0.441. The molecule has 5 heteroatoms. The molecule has 0 aromatic heterocycles. The van der Waals surface area contributed by atoms with Crippen LogP contribution in [0.3, 0.4) is 0 Å². The lowest BCUT2D eigenvalue weighted by Crippen LogP contribution is -2.09. The summed E-state index contributed by atoms with van der Waals surface area (Å²) >= 11 is 6.13. The number of ether oxygens (including phenoxy) is 2. The zero-order valence-electron chi connectivity index (χ0n) is 12.7. The minimum Gasteiger partial charge on any atom is -0.494 e. The molecule has 0 saturated heterocycles. The van der Waals surface area contributed by atoms with Gasteiger partial charge in [0.2, 0.25) is 0 Å². The molecule has 23 heavy (non-hydrogen) atoms. The van der Waals surface area contributed by atoms with Gasteiger partial charge >= 0.3 is 5.97 Å². The molecule has 0 radical (unpaired) electrons. The van der Waals surface area contributed by atoms with Gasteiger partial charge in [-0.1, -0.05) is 24.9 Å². The minimum atomic E-state index is -0.556. The highest BCUT2D eigenvalue weighted by molar-refractivity contribution is 6.33. The molecular weight excluding hydrogens is 314 g/mol. The van der Waals surface area contributed by atoms with Gasteiger partial charge in [-0.05, 0) is 48.9 Å². The number of benzene rings is 2. The van der Waals surface area contributed by atoms with Crippen molar-refractivity contribution in [2.45, 2.75) is 19.8 Å². The lowest BCUT2D eigenvalue weighted by Gasteiger charge is -2.09. The van der Waals surface area contributed by atoms with Crippen LogP contribution in [0.15, 0.2) is 42.5 Å². The molecule has 4 nitrogen and oxygen atoms in total. The number of hydrogen-bond donors (Lipinski definition) is 0. The third-order valence-electron chi connectivity index (χ3n) is 3.12. The standard InChI is InChI=1S/C18H16ClNO3/c1-2-3-10-22-15-8-9-16(17(19)11-15)18(21)23-14-6-4-13(12-20)5-7-14/h4-9,11H,2-3,10H2,1H3. The lowest BCUT2D eigenvalue weighted by molar-refractivity contribution is 0.0735. The molecule has 0 aliphatic rings. The van der Waals surface area contributed by atoms with Crippen LogP contribution >= 0.6 is 11.6 Å². The largest absolute Gasteiger partial charge is 0.494 e. The summed E-state index contributed by atoms with van der Waals surface area (Å²) in [5.41, 5.74) is 0.760. The topological polar surface area (TPSA) is 59.3 Å². The van der Waals surface area contributed by atoms with Gasteiger partial charge in [-0.25, -0.2) is 4.79 Å². The molecule has 0 unspecified atom stereocenters. The first-order valence-electron chi connectivity index (χ1n) is 7.28. The molecule has 0 amide bonds. The zero-order valence-corrected chi connectivity index (χ0v) is 13.5. The molecule has 2 rings (SSSR count). The first-order valence-corrected chi connectivity index (χ1v) is 7.66. The number of rotatable bonds is 6. The fourth-order valence-electron chi connectivity index (χ4n) is 1.85. The van der Waals surface area contributed by atoms with E-state index < -0.39 is 5.97 Å². The number of hydrogen-bond acceptors (Lipinski definition) is 4. The Morgan fingerprint density at radius 3 is 2.48 bits per heavy atom. The summed E-state index contributed by atoms with van der Waals surface area (Å²) in [7, 11) is 0. The van der Waals surface area contributed by atoms with Crippen molar-refractivity contribution in [3.63, 3.8) is 0 Å². The normalized spacial score (nSPS) is 9.96. The maximum absolute atomic E-state index is 12.1. The molecular formula is C18H16ClNO3. The van der Waals surface area contributed by atoms with Crippen molar-refractivity contribution < 1.29 is 14.3 Å². The van der Waals surface area contributed by atoms with Crippen LogP contribution in [0.5, 0.6) is 11.5 Å². The van der Waals surface area contributed by atoms with Crippen molar-refractivity contribution in [1.29, 1.82) is 5.26 Å². The monoisotopic (exact) mass is 329 g/mol. The Balaban J connectivity index is 2.05. The molecule has 2 aromatic carbocycles. The van der Waals surface area contributed by atoms with Crippen LogP contribution in [0.4, 0.5) is 0 Å². The van der Waals surface area contributed by atoms with E-state index in [0.29, 0.717) is 23.7 Å². The highest BCUT2D eigenvalue weighted by Gasteiger charge is 2.14. The Bertz CT molecular complexity index is 720. The van der Waals surface area contributed by atoms with Crippen LogP contribution in [0.1, 0.15) is 35.7 Å². The second kappa shape index (κ2) is 8.21. The molecule has 0 N–H and O–H groups in total. The molecule has 0 heterocycles. The smallest absolute Gasteiger partial charge is 0.345 e. The minimum absolute atomic E-state index is 0.263. The van der Waals surface area contributed by atoms with E-state index in [9.17, 15) is 4.79 Å². The second-order valence-electron chi connectivity index (χ2n) is 4.87. The van der Waals surface area contributed by atoms with E-state index in [2.05, 4.69) is 6.92 Å². The van der Waals surface area contributed by atoms with Crippen LogP contribution in [0.2, 0.25) is 5.02 Å². The van der Waals surface area contributed by atoms with Crippen molar-refractivity contribution in [1.82, 2.24) is 0 Å². The van der Waals surface area contributed by atoms with E-state index in [1.807, 2.05) is 6.07 Å². The Hall–Kier alpha value is -2.51. The number of carbonyl (C=O) groups excluding carboxylic acids is 1. The van der Waals surface area contributed by atoms with Gasteiger partial charge in [0, 0.05) is 0 Å². The molecule has 0 aliphatic heterocycles. The second-order valence-corrected chi connectivity index (χ2v) is 5.28. The van der Waals surface area contributed by atoms with Crippen molar-refractivity contribution in [2.75, 3.05) is 6.61 Å². The maximum atomic E-state index is 12.1. The van der Waals surface area contributed by atoms with Crippen LogP contribution in [0.25, 0.3) is 0 Å². The molecule has 0 aliphatic carbocycles. The number of nitrogens with zero attached hydrogens (tertiary/aromatic N) is 1. The zero-order chi connectivity index (χ0) is 16.7. The summed E-state index contributed by atoms with van der Waals surface area (Å²) in [4.78, 5) is 12.1. The van der Waals surface area contributed by atoms with Gasteiger partial charge in [0.25, 0.3) is 0 Å². The first-order chi connectivity index (χ1) is 11.1. The molecule has 2 aromatic rings. The molecule has 0 saturated carbocycles. The van der Waals surface area contributed by atoms with Crippen molar-refractivity contribution in [3.8, 4) is 17.6 Å². The van der Waals surface area contributed by atoms with Gasteiger partial charge in [-0.3, -0.25) is 0 Å². The van der Waals surface area contributed by atoms with Gasteiger partial charge in [0.1, 0.15) is 11.5 Å². The van der Waals surface area contributed by atoms with Crippen LogP contribution in [0, 0.1) is 11.3 Å². The van der Waals surface area contributed by atoms with E-state index in [4.69, 9.17) is 26.3 Å². The fourth-order valence-corrected chi connectivity index (χ4v) is 2.09. The average Bonchev–Trinajstić information content (AvgIpc) is 2.56. The molecule has 118 valence electrons. The highest BCUT2D eigenvalue weighted by Crippen LogP contribution is 2.24. The summed E-state index contributed by atoms with van der Waals surface area (Å²) in [5, 5.41) is 9.02. The number of halogens is 1.